The summed E-state index contributed by atoms with van der Waals surface area (Å²) >= 11 is 0. The van der Waals surface area contributed by atoms with E-state index < -0.39 is 0 Å². The number of carbonyl (C=O) groups is 1. The van der Waals surface area contributed by atoms with E-state index in [-0.39, 0.29) is 18.4 Å². The van der Waals surface area contributed by atoms with Crippen molar-refractivity contribution in [1.82, 2.24) is 24.9 Å². The maximum absolute atomic E-state index is 12.5. The van der Waals surface area contributed by atoms with Gasteiger partial charge in [-0.25, -0.2) is 14.5 Å². The molecular formula is C23H23N5O3. The van der Waals surface area contributed by atoms with Gasteiger partial charge in [-0.3, -0.25) is 4.79 Å². The van der Waals surface area contributed by atoms with Gasteiger partial charge >= 0.3 is 0 Å². The molecule has 0 aliphatic heterocycles. The van der Waals surface area contributed by atoms with Crippen molar-refractivity contribution in [3.8, 4) is 22.8 Å². The lowest BCUT2D eigenvalue weighted by molar-refractivity contribution is -0.121. The van der Waals surface area contributed by atoms with Gasteiger partial charge in [-0.1, -0.05) is 12.1 Å². The molecule has 0 saturated heterocycles. The second-order valence-electron chi connectivity index (χ2n) is 7.09. The Morgan fingerprint density at radius 1 is 1.06 bits per heavy atom. The monoisotopic (exact) mass is 417 g/mol. The number of nitrogens with zero attached hydrogens (tertiary/aromatic N) is 4. The van der Waals surface area contributed by atoms with E-state index in [0.717, 1.165) is 28.3 Å². The first kappa shape index (κ1) is 20.3. The van der Waals surface area contributed by atoms with E-state index in [1.165, 1.54) is 0 Å². The molecule has 2 aromatic carbocycles. The summed E-state index contributed by atoms with van der Waals surface area (Å²) in [4.78, 5) is 21.5. The third-order valence-electron chi connectivity index (χ3n) is 4.90. The van der Waals surface area contributed by atoms with Gasteiger partial charge < -0.3 is 14.8 Å². The predicted molar refractivity (Wildman–Crippen MR) is 116 cm³/mol. The van der Waals surface area contributed by atoms with Crippen molar-refractivity contribution in [2.45, 2.75) is 19.4 Å². The van der Waals surface area contributed by atoms with E-state index >= 15 is 0 Å². The summed E-state index contributed by atoms with van der Waals surface area (Å²) in [5.41, 5.74) is 3.27. The zero-order chi connectivity index (χ0) is 21.8. The zero-order valence-electron chi connectivity index (χ0n) is 17.6. The summed E-state index contributed by atoms with van der Waals surface area (Å²) in [6.45, 7) is 1.86. The first-order valence-electron chi connectivity index (χ1n) is 9.85. The summed E-state index contributed by atoms with van der Waals surface area (Å²) in [6.07, 6.45) is 1.87. The minimum Gasteiger partial charge on any atom is -0.497 e. The number of hydrogen-bond acceptors (Lipinski definition) is 6. The molecule has 4 aromatic rings. The second-order valence-corrected chi connectivity index (χ2v) is 7.09. The van der Waals surface area contributed by atoms with Crippen LogP contribution in [-0.2, 0) is 11.2 Å². The van der Waals surface area contributed by atoms with E-state index in [1.807, 2.05) is 61.5 Å². The summed E-state index contributed by atoms with van der Waals surface area (Å²) in [6, 6.07) is 16.6. The van der Waals surface area contributed by atoms with Gasteiger partial charge in [0.1, 0.15) is 17.8 Å². The molecule has 1 amide bonds. The maximum Gasteiger partial charge on any atom is 0.225 e. The van der Waals surface area contributed by atoms with Crippen LogP contribution in [0.25, 0.3) is 16.9 Å². The molecule has 0 unspecified atom stereocenters. The SMILES string of the molecule is COc1ccc(-c2cc3nc([C@H](C)NC(=O)Cc4cccc(OC)c4)nn3cn2)cc1. The maximum atomic E-state index is 12.5. The predicted octanol–water partition coefficient (Wildman–Crippen LogP) is 3.23. The molecule has 8 nitrogen and oxygen atoms in total. The van der Waals surface area contributed by atoms with Crippen LogP contribution in [0.4, 0.5) is 0 Å². The van der Waals surface area contributed by atoms with Crippen LogP contribution in [0.15, 0.2) is 60.9 Å². The average molecular weight is 417 g/mol. The van der Waals surface area contributed by atoms with Gasteiger partial charge in [0, 0.05) is 11.6 Å². The van der Waals surface area contributed by atoms with Crippen LogP contribution in [0.5, 0.6) is 11.5 Å². The summed E-state index contributed by atoms with van der Waals surface area (Å²) in [5, 5.41) is 7.40. The standard InChI is InChI=1S/C23H23N5O3/c1-15(25-22(29)12-16-5-4-6-19(11-16)31-3)23-26-21-13-20(24-14-28(21)27-23)17-7-9-18(30-2)10-8-17/h4-11,13-15H,12H2,1-3H3,(H,25,29)/t15-/m0/s1. The van der Waals surface area contributed by atoms with Crippen LogP contribution in [0.3, 0.4) is 0 Å². The highest BCUT2D eigenvalue weighted by molar-refractivity contribution is 5.79. The number of rotatable bonds is 7. The molecule has 0 spiro atoms. The fourth-order valence-electron chi connectivity index (χ4n) is 3.24. The fraction of sp³-hybridized carbons (Fsp3) is 0.217. The Bertz CT molecular complexity index is 1200. The second kappa shape index (κ2) is 8.83. The minimum absolute atomic E-state index is 0.114. The van der Waals surface area contributed by atoms with E-state index in [1.54, 1.807) is 25.1 Å². The number of hydrogen-bond donors (Lipinski definition) is 1. The Labute approximate surface area is 179 Å². The Kier molecular flexibility index (Phi) is 5.79. The van der Waals surface area contributed by atoms with Crippen LogP contribution in [0, 0.1) is 0 Å². The van der Waals surface area contributed by atoms with Crippen LogP contribution in [0.1, 0.15) is 24.4 Å². The van der Waals surface area contributed by atoms with E-state index in [2.05, 4.69) is 20.4 Å². The molecule has 2 heterocycles. The number of methoxy groups -OCH3 is 2. The van der Waals surface area contributed by atoms with Gasteiger partial charge in [0.2, 0.25) is 5.91 Å². The highest BCUT2D eigenvalue weighted by Gasteiger charge is 2.16. The van der Waals surface area contributed by atoms with Crippen molar-refractivity contribution in [1.29, 1.82) is 0 Å². The number of fused-ring (bicyclic) bond motifs is 1. The van der Waals surface area contributed by atoms with Crippen molar-refractivity contribution in [2.24, 2.45) is 0 Å². The molecule has 0 bridgehead atoms. The summed E-state index contributed by atoms with van der Waals surface area (Å²) in [5.74, 6) is 1.91. The molecule has 2 aromatic heterocycles. The lowest BCUT2D eigenvalue weighted by Gasteiger charge is -2.10. The molecule has 4 rings (SSSR count). The largest absolute Gasteiger partial charge is 0.497 e. The highest BCUT2D eigenvalue weighted by Crippen LogP contribution is 2.22. The zero-order valence-corrected chi connectivity index (χ0v) is 17.6. The molecule has 1 atom stereocenters. The lowest BCUT2D eigenvalue weighted by atomic mass is 10.1. The molecule has 0 fully saturated rings. The van der Waals surface area contributed by atoms with Gasteiger partial charge in [0.25, 0.3) is 0 Å². The minimum atomic E-state index is -0.345. The normalized spacial score (nSPS) is 11.8. The summed E-state index contributed by atoms with van der Waals surface area (Å²) in [7, 11) is 3.24. The van der Waals surface area contributed by atoms with E-state index in [4.69, 9.17) is 9.47 Å². The van der Waals surface area contributed by atoms with E-state index in [9.17, 15) is 4.79 Å². The van der Waals surface area contributed by atoms with Crippen molar-refractivity contribution in [3.63, 3.8) is 0 Å². The quantitative estimate of drug-likeness (QED) is 0.497. The Morgan fingerprint density at radius 2 is 1.84 bits per heavy atom. The molecule has 8 heteroatoms. The van der Waals surface area contributed by atoms with Crippen LogP contribution in [0.2, 0.25) is 0 Å². The summed E-state index contributed by atoms with van der Waals surface area (Å²) < 4.78 is 12.0. The van der Waals surface area contributed by atoms with Crippen molar-refractivity contribution in [3.05, 3.63) is 72.3 Å². The third kappa shape index (κ3) is 4.63. The van der Waals surface area contributed by atoms with Gasteiger partial charge in [-0.15, -0.1) is 5.10 Å². The number of benzene rings is 2. The van der Waals surface area contributed by atoms with Crippen molar-refractivity contribution in [2.75, 3.05) is 14.2 Å². The third-order valence-corrected chi connectivity index (χ3v) is 4.90. The number of amides is 1. The molecule has 0 aliphatic rings. The molecule has 0 radical (unpaired) electrons. The van der Waals surface area contributed by atoms with Crippen LogP contribution >= 0.6 is 0 Å². The highest BCUT2D eigenvalue weighted by atomic mass is 16.5. The molecule has 31 heavy (non-hydrogen) atoms. The molecule has 158 valence electrons. The Morgan fingerprint density at radius 3 is 2.58 bits per heavy atom. The Hall–Kier alpha value is -3.94. The van der Waals surface area contributed by atoms with Crippen LogP contribution < -0.4 is 14.8 Å². The average Bonchev–Trinajstić information content (AvgIpc) is 3.23. The molecule has 0 aliphatic carbocycles. The topological polar surface area (TPSA) is 90.6 Å². The Balaban J connectivity index is 1.47. The molecule has 0 saturated carbocycles. The van der Waals surface area contributed by atoms with Gasteiger partial charge in [-0.05, 0) is 48.9 Å². The van der Waals surface area contributed by atoms with Crippen molar-refractivity contribution < 1.29 is 14.3 Å². The number of carbonyl (C=O) groups excluding carboxylic acids is 1. The first-order valence-corrected chi connectivity index (χ1v) is 9.85. The lowest BCUT2D eigenvalue weighted by Crippen LogP contribution is -2.28. The van der Waals surface area contributed by atoms with Gasteiger partial charge in [-0.2, -0.15) is 0 Å². The number of aromatic nitrogens is 4. The number of ether oxygens (including phenoxy) is 2. The fourth-order valence-corrected chi connectivity index (χ4v) is 3.24. The van der Waals surface area contributed by atoms with Gasteiger partial charge in [0.05, 0.1) is 32.4 Å². The van der Waals surface area contributed by atoms with Crippen LogP contribution in [-0.4, -0.2) is 39.7 Å². The molecular weight excluding hydrogens is 394 g/mol. The van der Waals surface area contributed by atoms with Gasteiger partial charge in [0.15, 0.2) is 11.5 Å². The number of nitrogens with one attached hydrogen (secondary N) is 1. The smallest absolute Gasteiger partial charge is 0.225 e. The first-order chi connectivity index (χ1) is 15.1. The van der Waals surface area contributed by atoms with E-state index in [0.29, 0.717) is 11.5 Å². The van der Waals surface area contributed by atoms with Crippen molar-refractivity contribution >= 4 is 11.6 Å². The molecule has 1 N–H and O–H groups in total.